The first-order chi connectivity index (χ1) is 13.6. The van der Waals surface area contributed by atoms with E-state index in [0.717, 1.165) is 43.9 Å². The van der Waals surface area contributed by atoms with Gasteiger partial charge in [-0.1, -0.05) is 49.4 Å². The van der Waals surface area contributed by atoms with Crippen molar-refractivity contribution < 1.29 is 0 Å². The van der Waals surface area contributed by atoms with Crippen LogP contribution in [0.3, 0.4) is 0 Å². The third-order valence-electron chi connectivity index (χ3n) is 5.16. The number of aryl methyl sites for hydroxylation is 2. The summed E-state index contributed by atoms with van der Waals surface area (Å²) in [5, 5.41) is 0. The average Bonchev–Trinajstić information content (AvgIpc) is 2.71. The molecule has 2 aromatic heterocycles. The predicted octanol–water partition coefficient (Wildman–Crippen LogP) is 4.98. The summed E-state index contributed by atoms with van der Waals surface area (Å²) >= 11 is 0. The molecule has 3 nitrogen and oxygen atoms in total. The van der Waals surface area contributed by atoms with Crippen molar-refractivity contribution in [3.63, 3.8) is 0 Å². The van der Waals surface area contributed by atoms with Crippen molar-refractivity contribution >= 4 is 0 Å². The van der Waals surface area contributed by atoms with Gasteiger partial charge in [-0.2, -0.15) is 0 Å². The molecule has 0 amide bonds. The second-order valence-electron chi connectivity index (χ2n) is 7.65. The van der Waals surface area contributed by atoms with Crippen LogP contribution in [0.1, 0.15) is 41.2 Å². The fraction of sp³-hybridized carbons (Fsp3) is 0.360. The highest BCUT2D eigenvalue weighted by atomic mass is 15.1. The number of aromatic nitrogens is 2. The zero-order valence-corrected chi connectivity index (χ0v) is 17.3. The van der Waals surface area contributed by atoms with E-state index in [1.165, 1.54) is 17.0 Å². The summed E-state index contributed by atoms with van der Waals surface area (Å²) < 4.78 is 0. The topological polar surface area (TPSA) is 29.0 Å². The minimum atomic E-state index is 0.497. The van der Waals surface area contributed by atoms with E-state index in [1.807, 2.05) is 0 Å². The van der Waals surface area contributed by atoms with Crippen LogP contribution < -0.4 is 0 Å². The van der Waals surface area contributed by atoms with Crippen molar-refractivity contribution in [2.45, 2.75) is 39.5 Å². The molecule has 0 N–H and O–H groups in total. The molecule has 1 aromatic carbocycles. The first-order valence-corrected chi connectivity index (χ1v) is 10.2. The van der Waals surface area contributed by atoms with Crippen molar-refractivity contribution in [1.82, 2.24) is 14.9 Å². The van der Waals surface area contributed by atoms with E-state index in [1.54, 1.807) is 0 Å². The van der Waals surface area contributed by atoms with Gasteiger partial charge in [-0.15, -0.1) is 0 Å². The predicted molar refractivity (Wildman–Crippen MR) is 117 cm³/mol. The Morgan fingerprint density at radius 3 is 1.75 bits per heavy atom. The average molecular weight is 374 g/mol. The van der Waals surface area contributed by atoms with Gasteiger partial charge in [0.15, 0.2) is 0 Å². The highest BCUT2D eigenvalue weighted by Gasteiger charge is 2.13. The van der Waals surface area contributed by atoms with Gasteiger partial charge in [0, 0.05) is 55.3 Å². The molecule has 3 heteroatoms. The molecule has 0 saturated carbocycles. The monoisotopic (exact) mass is 373 g/mol. The molecule has 3 rings (SSSR count). The maximum absolute atomic E-state index is 4.67. The zero-order chi connectivity index (χ0) is 19.8. The first-order valence-electron chi connectivity index (χ1n) is 10.2. The van der Waals surface area contributed by atoms with Crippen LogP contribution in [0.2, 0.25) is 0 Å². The number of nitrogens with zero attached hydrogens (tertiary/aromatic N) is 3. The Balaban J connectivity index is 1.65. The van der Waals surface area contributed by atoms with Gasteiger partial charge in [-0.05, 0) is 49.6 Å². The number of rotatable bonds is 9. The number of hydrogen-bond acceptors (Lipinski definition) is 3. The van der Waals surface area contributed by atoms with Gasteiger partial charge in [-0.25, -0.2) is 0 Å². The smallest absolute Gasteiger partial charge is 0.0419 e. The summed E-state index contributed by atoms with van der Waals surface area (Å²) in [4.78, 5) is 11.9. The third-order valence-corrected chi connectivity index (χ3v) is 5.16. The van der Waals surface area contributed by atoms with E-state index in [-0.39, 0.29) is 0 Å². The van der Waals surface area contributed by atoms with E-state index in [0.29, 0.717) is 5.92 Å². The normalized spacial score (nSPS) is 12.3. The molecule has 0 saturated heterocycles. The second-order valence-corrected chi connectivity index (χ2v) is 7.65. The van der Waals surface area contributed by atoms with Crippen LogP contribution in [0.4, 0.5) is 0 Å². The Kier molecular flexibility index (Phi) is 7.32. The van der Waals surface area contributed by atoms with E-state index < -0.39 is 0 Å². The van der Waals surface area contributed by atoms with Crippen molar-refractivity contribution in [3.8, 4) is 0 Å². The van der Waals surface area contributed by atoms with Gasteiger partial charge in [0.05, 0.1) is 0 Å². The van der Waals surface area contributed by atoms with Crippen LogP contribution in [0.15, 0.2) is 66.7 Å². The molecular weight excluding hydrogens is 342 g/mol. The summed E-state index contributed by atoms with van der Waals surface area (Å²) in [5.74, 6) is 0.497. The van der Waals surface area contributed by atoms with Crippen LogP contribution in [0.25, 0.3) is 0 Å². The van der Waals surface area contributed by atoms with Gasteiger partial charge >= 0.3 is 0 Å². The molecule has 0 radical (unpaired) electrons. The Bertz CT molecular complexity index is 811. The lowest BCUT2D eigenvalue weighted by molar-refractivity contribution is 0.265. The summed E-state index contributed by atoms with van der Waals surface area (Å²) in [6.07, 6.45) is 1.95. The van der Waals surface area contributed by atoms with Crippen LogP contribution in [0.5, 0.6) is 0 Å². The summed E-state index contributed by atoms with van der Waals surface area (Å²) in [6.45, 7) is 9.50. The van der Waals surface area contributed by atoms with Crippen molar-refractivity contribution in [2.24, 2.45) is 0 Å². The number of benzene rings is 1. The minimum absolute atomic E-state index is 0.497. The standard InChI is InChI=1S/C25H31N3/c1-20(23-11-5-4-6-12-23)19-28(17-15-24-13-7-9-21(2)26-24)18-16-25-14-8-10-22(3)27-25/h4-14,20H,15-19H2,1-3H3. The largest absolute Gasteiger partial charge is 0.302 e. The second kappa shape index (κ2) is 10.1. The van der Waals surface area contributed by atoms with Crippen LogP contribution in [-0.2, 0) is 12.8 Å². The molecule has 0 bridgehead atoms. The van der Waals surface area contributed by atoms with Crippen LogP contribution in [0, 0.1) is 13.8 Å². The molecule has 1 atom stereocenters. The molecule has 0 aliphatic rings. The fourth-order valence-electron chi connectivity index (χ4n) is 3.59. The van der Waals surface area contributed by atoms with Crippen molar-refractivity contribution in [3.05, 3.63) is 95.1 Å². The van der Waals surface area contributed by atoms with Crippen LogP contribution >= 0.6 is 0 Å². The molecule has 0 spiro atoms. The third kappa shape index (κ3) is 6.28. The van der Waals surface area contributed by atoms with Gasteiger partial charge in [0.1, 0.15) is 0 Å². The Morgan fingerprint density at radius 2 is 1.25 bits per heavy atom. The summed E-state index contributed by atoms with van der Waals surface area (Å²) in [5.41, 5.74) is 5.92. The molecule has 1 unspecified atom stereocenters. The Morgan fingerprint density at radius 1 is 0.714 bits per heavy atom. The molecule has 28 heavy (non-hydrogen) atoms. The quantitative estimate of drug-likeness (QED) is 0.529. The molecule has 0 fully saturated rings. The number of pyridine rings is 2. The van der Waals surface area contributed by atoms with Crippen LogP contribution in [-0.4, -0.2) is 34.5 Å². The summed E-state index contributed by atoms with van der Waals surface area (Å²) in [7, 11) is 0. The highest BCUT2D eigenvalue weighted by Crippen LogP contribution is 2.17. The molecule has 3 aromatic rings. The molecule has 0 aliphatic heterocycles. The number of hydrogen-bond donors (Lipinski definition) is 0. The maximum Gasteiger partial charge on any atom is 0.0419 e. The van der Waals surface area contributed by atoms with E-state index in [2.05, 4.69) is 102 Å². The van der Waals surface area contributed by atoms with Crippen molar-refractivity contribution in [2.75, 3.05) is 19.6 Å². The van der Waals surface area contributed by atoms with Gasteiger partial charge < -0.3 is 4.90 Å². The van der Waals surface area contributed by atoms with E-state index >= 15 is 0 Å². The van der Waals surface area contributed by atoms with Gasteiger partial charge in [0.25, 0.3) is 0 Å². The Hall–Kier alpha value is -2.52. The molecular formula is C25H31N3. The molecule has 2 heterocycles. The Labute approximate surface area is 169 Å². The zero-order valence-electron chi connectivity index (χ0n) is 17.3. The van der Waals surface area contributed by atoms with Crippen molar-refractivity contribution in [1.29, 1.82) is 0 Å². The maximum atomic E-state index is 4.67. The fourth-order valence-corrected chi connectivity index (χ4v) is 3.59. The molecule has 0 aliphatic carbocycles. The lowest BCUT2D eigenvalue weighted by Gasteiger charge is -2.26. The highest BCUT2D eigenvalue weighted by molar-refractivity contribution is 5.19. The minimum Gasteiger partial charge on any atom is -0.302 e. The lowest BCUT2D eigenvalue weighted by Crippen LogP contribution is -2.32. The van der Waals surface area contributed by atoms with E-state index in [9.17, 15) is 0 Å². The SMILES string of the molecule is Cc1cccc(CCN(CCc2cccc(C)n2)CC(C)c2ccccc2)n1. The van der Waals surface area contributed by atoms with Gasteiger partial charge in [-0.3, -0.25) is 9.97 Å². The van der Waals surface area contributed by atoms with Gasteiger partial charge in [0.2, 0.25) is 0 Å². The summed E-state index contributed by atoms with van der Waals surface area (Å²) in [6, 6.07) is 23.4. The molecule has 146 valence electrons. The lowest BCUT2D eigenvalue weighted by atomic mass is 10.0. The first kappa shape index (κ1) is 20.2. The van der Waals surface area contributed by atoms with E-state index in [4.69, 9.17) is 0 Å².